The molecule has 3 nitrogen and oxygen atoms in total. The molecule has 2 aromatic carbocycles. The monoisotopic (exact) mass is 544 g/mol. The molecule has 2 aromatic rings. The number of carbonyl (C=O) groups excluding carboxylic acids is 1. The van der Waals surface area contributed by atoms with Gasteiger partial charge < -0.3 is 9.47 Å². The molecule has 0 saturated heterocycles. The van der Waals surface area contributed by atoms with Crippen molar-refractivity contribution in [3.8, 4) is 11.5 Å². The topological polar surface area (TPSA) is 35.5 Å². The van der Waals surface area contributed by atoms with Crippen molar-refractivity contribution in [3.63, 3.8) is 0 Å². The summed E-state index contributed by atoms with van der Waals surface area (Å²) >= 11 is 0. The van der Waals surface area contributed by atoms with E-state index in [9.17, 15) is 9.18 Å². The van der Waals surface area contributed by atoms with E-state index in [0.29, 0.717) is 55.1 Å². The smallest absolute Gasteiger partial charge is 0.314 e. The highest BCUT2D eigenvalue weighted by molar-refractivity contribution is 5.75. The van der Waals surface area contributed by atoms with E-state index in [1.165, 1.54) is 31.4 Å². The molecule has 2 fully saturated rings. The third kappa shape index (κ3) is 7.79. The summed E-state index contributed by atoms with van der Waals surface area (Å²) in [5.41, 5.74) is 0.907. The molecule has 2 saturated carbocycles. The third-order valence-corrected chi connectivity index (χ3v) is 8.73. The zero-order valence-electron chi connectivity index (χ0n) is 23.5. The Morgan fingerprint density at radius 1 is 0.795 bits per heavy atom. The van der Waals surface area contributed by atoms with E-state index in [0.717, 1.165) is 38.5 Å². The van der Waals surface area contributed by atoms with Crippen molar-refractivity contribution in [3.05, 3.63) is 58.9 Å². The first-order valence-corrected chi connectivity index (χ1v) is 15.0. The van der Waals surface area contributed by atoms with E-state index in [1.54, 1.807) is 18.2 Å². The van der Waals surface area contributed by atoms with Crippen LogP contribution in [0.25, 0.3) is 0 Å². The van der Waals surface area contributed by atoms with Crippen LogP contribution in [0.1, 0.15) is 120 Å². The number of hydrogen-bond donors (Lipinski definition) is 0. The van der Waals surface area contributed by atoms with Crippen LogP contribution in [-0.4, -0.2) is 12.6 Å². The van der Waals surface area contributed by atoms with E-state index in [4.69, 9.17) is 9.47 Å². The minimum absolute atomic E-state index is 0.0897. The number of unbranched alkanes of at least 4 members (excludes halogenated alkanes) is 4. The highest BCUT2D eigenvalue weighted by Gasteiger charge is 2.32. The van der Waals surface area contributed by atoms with E-state index in [2.05, 4.69) is 13.8 Å². The largest absolute Gasteiger partial charge is 0.493 e. The van der Waals surface area contributed by atoms with Gasteiger partial charge in [0.05, 0.1) is 12.5 Å². The maximum Gasteiger partial charge on any atom is 0.314 e. The number of esters is 1. The van der Waals surface area contributed by atoms with Gasteiger partial charge in [-0.25, -0.2) is 13.2 Å². The molecular weight excluding hydrogens is 501 g/mol. The summed E-state index contributed by atoms with van der Waals surface area (Å²) in [5.74, 6) is -2.04. The van der Waals surface area contributed by atoms with Crippen LogP contribution in [0.15, 0.2) is 30.3 Å². The molecule has 2 aliphatic rings. The number of carbonyl (C=O) groups is 1. The first kappa shape index (κ1) is 29.5. The second-order valence-corrected chi connectivity index (χ2v) is 11.7. The van der Waals surface area contributed by atoms with Crippen LogP contribution in [0.4, 0.5) is 13.2 Å². The summed E-state index contributed by atoms with van der Waals surface area (Å²) in [7, 11) is 0. The SMILES string of the molecule is CCCCCCCOc1ccc(OC(=O)C2CCC(c3ccc(C4CCC(C)CC4)c(F)c3F)CC2)c(F)c1. The predicted octanol–water partition coefficient (Wildman–Crippen LogP) is 9.63. The lowest BCUT2D eigenvalue weighted by atomic mass is 9.76. The molecule has 0 unspecified atom stereocenters. The molecule has 214 valence electrons. The highest BCUT2D eigenvalue weighted by atomic mass is 19.2. The summed E-state index contributed by atoms with van der Waals surface area (Å²) in [6, 6.07) is 7.82. The lowest BCUT2D eigenvalue weighted by Crippen LogP contribution is -2.26. The zero-order valence-corrected chi connectivity index (χ0v) is 23.5. The molecule has 0 amide bonds. The molecular formula is C33H43F3O3. The van der Waals surface area contributed by atoms with Gasteiger partial charge in [0.2, 0.25) is 0 Å². The van der Waals surface area contributed by atoms with Crippen molar-refractivity contribution in [1.82, 2.24) is 0 Å². The third-order valence-electron chi connectivity index (χ3n) is 8.73. The molecule has 0 heterocycles. The van der Waals surface area contributed by atoms with Gasteiger partial charge in [0.25, 0.3) is 0 Å². The van der Waals surface area contributed by atoms with Gasteiger partial charge in [0.1, 0.15) is 5.75 Å². The predicted molar refractivity (Wildman–Crippen MR) is 148 cm³/mol. The Morgan fingerprint density at radius 3 is 1.97 bits per heavy atom. The van der Waals surface area contributed by atoms with Gasteiger partial charge in [-0.1, -0.05) is 64.5 Å². The van der Waals surface area contributed by atoms with Crippen molar-refractivity contribution in [2.24, 2.45) is 11.8 Å². The lowest BCUT2D eigenvalue weighted by Gasteiger charge is -2.29. The van der Waals surface area contributed by atoms with Crippen molar-refractivity contribution < 1.29 is 27.4 Å². The number of ether oxygens (including phenoxy) is 2. The minimum atomic E-state index is -0.734. The summed E-state index contributed by atoms with van der Waals surface area (Å²) in [6.07, 6.45) is 11.6. The minimum Gasteiger partial charge on any atom is -0.493 e. The Hall–Kier alpha value is -2.50. The fourth-order valence-electron chi connectivity index (χ4n) is 6.16. The molecule has 39 heavy (non-hydrogen) atoms. The number of hydrogen-bond acceptors (Lipinski definition) is 3. The average molecular weight is 545 g/mol. The Labute approximate surface area is 231 Å². The van der Waals surface area contributed by atoms with Crippen LogP contribution >= 0.6 is 0 Å². The van der Waals surface area contributed by atoms with Gasteiger partial charge in [-0.15, -0.1) is 0 Å². The summed E-state index contributed by atoms with van der Waals surface area (Å²) < 4.78 is 55.8. The van der Waals surface area contributed by atoms with Gasteiger partial charge in [0.15, 0.2) is 23.2 Å². The fourth-order valence-corrected chi connectivity index (χ4v) is 6.16. The first-order valence-electron chi connectivity index (χ1n) is 15.0. The summed E-state index contributed by atoms with van der Waals surface area (Å²) in [5, 5.41) is 0. The number of benzene rings is 2. The standard InChI is InChI=1S/C33H43F3O3/c1-3-4-5-6-7-20-38-26-16-19-30(29(34)21-26)39-33(37)25-14-12-24(13-15-25)28-18-17-27(31(35)32(28)36)23-10-8-22(2)9-11-23/h16-19,21-25H,3-15,20H2,1-2H3. The number of halogens is 3. The maximum absolute atomic E-state index is 15.1. The summed E-state index contributed by atoms with van der Waals surface area (Å²) in [6.45, 7) is 4.90. The van der Waals surface area contributed by atoms with Crippen LogP contribution in [0.3, 0.4) is 0 Å². The quantitative estimate of drug-likeness (QED) is 0.160. The molecule has 0 aliphatic heterocycles. The van der Waals surface area contributed by atoms with Gasteiger partial charge >= 0.3 is 5.97 Å². The normalized spacial score (nSPS) is 23.4. The molecule has 0 N–H and O–H groups in total. The Kier molecular flexibility index (Phi) is 10.8. The second kappa shape index (κ2) is 14.2. The van der Waals surface area contributed by atoms with Gasteiger partial charge in [-0.3, -0.25) is 4.79 Å². The van der Waals surface area contributed by atoms with Crippen molar-refractivity contribution in [2.75, 3.05) is 6.61 Å². The Morgan fingerprint density at radius 2 is 1.38 bits per heavy atom. The first-order chi connectivity index (χ1) is 18.9. The van der Waals surface area contributed by atoms with E-state index >= 15 is 8.78 Å². The van der Waals surface area contributed by atoms with Crippen molar-refractivity contribution in [1.29, 1.82) is 0 Å². The van der Waals surface area contributed by atoms with Gasteiger partial charge in [-0.05, 0) is 86.0 Å². The van der Waals surface area contributed by atoms with Crippen LogP contribution in [0, 0.1) is 29.3 Å². The fraction of sp³-hybridized carbons (Fsp3) is 0.606. The molecule has 6 heteroatoms. The van der Waals surface area contributed by atoms with E-state index < -0.39 is 29.3 Å². The van der Waals surface area contributed by atoms with Crippen molar-refractivity contribution >= 4 is 5.97 Å². The summed E-state index contributed by atoms with van der Waals surface area (Å²) in [4.78, 5) is 12.8. The van der Waals surface area contributed by atoms with Crippen LogP contribution in [0.2, 0.25) is 0 Å². The lowest BCUT2D eigenvalue weighted by molar-refractivity contribution is -0.140. The molecule has 0 spiro atoms. The van der Waals surface area contributed by atoms with E-state index in [-0.39, 0.29) is 17.6 Å². The highest BCUT2D eigenvalue weighted by Crippen LogP contribution is 2.41. The van der Waals surface area contributed by atoms with Crippen LogP contribution in [0.5, 0.6) is 11.5 Å². The molecule has 0 bridgehead atoms. The second-order valence-electron chi connectivity index (χ2n) is 11.7. The van der Waals surface area contributed by atoms with Crippen LogP contribution < -0.4 is 9.47 Å². The van der Waals surface area contributed by atoms with E-state index in [1.807, 2.05) is 0 Å². The van der Waals surface area contributed by atoms with Crippen molar-refractivity contribution in [2.45, 2.75) is 109 Å². The number of rotatable bonds is 11. The van der Waals surface area contributed by atoms with Gasteiger partial charge in [0, 0.05) is 6.07 Å². The zero-order chi connectivity index (χ0) is 27.8. The van der Waals surface area contributed by atoms with Gasteiger partial charge in [-0.2, -0.15) is 0 Å². The maximum atomic E-state index is 15.1. The molecule has 2 aliphatic carbocycles. The molecule has 0 aromatic heterocycles. The van der Waals surface area contributed by atoms with Crippen LogP contribution in [-0.2, 0) is 4.79 Å². The molecule has 0 atom stereocenters. The molecule has 0 radical (unpaired) electrons. The average Bonchev–Trinajstić information content (AvgIpc) is 2.94. The Balaban J connectivity index is 1.27. The molecule has 4 rings (SSSR count). The Bertz CT molecular complexity index is 1090.